The Balaban J connectivity index is 1.27. The Kier molecular flexibility index (Phi) is 4.56. The van der Waals surface area contributed by atoms with E-state index in [0.29, 0.717) is 34.4 Å². The van der Waals surface area contributed by atoms with Crippen LogP contribution in [0.5, 0.6) is 0 Å². The summed E-state index contributed by atoms with van der Waals surface area (Å²) in [4.78, 5) is 21.1. The molecule has 5 atom stereocenters. The van der Waals surface area contributed by atoms with Gasteiger partial charge in [-0.15, -0.1) is 0 Å². The number of aryl methyl sites for hydroxylation is 1. The van der Waals surface area contributed by atoms with Gasteiger partial charge in [0, 0.05) is 41.7 Å². The fourth-order valence-electron chi connectivity index (χ4n) is 5.41. The standard InChI is InChI=1S/C23H24F2N4O/c1-3-19(28-23(30)13-4-5-26-12(2)6-13)22-15-7-14(8-16(15)22)29-11-27-20-9-17(24)18(25)10-21(20)29/h4-6,9-11,14-16,19,22H,3,7-8H2,1-2H3,(H,28,30)/t14?,15-,16+,19-,22?/m1/s1. The molecule has 2 saturated carbocycles. The molecule has 0 aliphatic heterocycles. The minimum Gasteiger partial charge on any atom is -0.349 e. The molecule has 1 aromatic carbocycles. The van der Waals surface area contributed by atoms with E-state index in [2.05, 4.69) is 22.2 Å². The van der Waals surface area contributed by atoms with Crippen LogP contribution in [0, 0.1) is 36.3 Å². The Bertz CT molecular complexity index is 1120. The molecule has 1 amide bonds. The number of carbonyl (C=O) groups is 1. The van der Waals surface area contributed by atoms with Crippen LogP contribution in [0.25, 0.3) is 11.0 Å². The van der Waals surface area contributed by atoms with Crippen LogP contribution < -0.4 is 5.32 Å². The van der Waals surface area contributed by atoms with E-state index in [0.717, 1.165) is 31.0 Å². The minimum atomic E-state index is -0.868. The molecule has 0 radical (unpaired) electrons. The molecular weight excluding hydrogens is 386 g/mol. The van der Waals surface area contributed by atoms with Gasteiger partial charge < -0.3 is 9.88 Å². The van der Waals surface area contributed by atoms with E-state index in [1.54, 1.807) is 24.7 Å². The van der Waals surface area contributed by atoms with Crippen molar-refractivity contribution in [1.29, 1.82) is 0 Å². The van der Waals surface area contributed by atoms with Gasteiger partial charge in [-0.2, -0.15) is 0 Å². The number of carbonyl (C=O) groups excluding carboxylic acids is 1. The first-order chi connectivity index (χ1) is 14.5. The van der Waals surface area contributed by atoms with Crippen molar-refractivity contribution in [2.75, 3.05) is 0 Å². The molecule has 5 rings (SSSR count). The molecule has 3 aromatic rings. The second-order valence-corrected chi connectivity index (χ2v) is 8.61. The van der Waals surface area contributed by atoms with Gasteiger partial charge in [-0.3, -0.25) is 9.78 Å². The highest BCUT2D eigenvalue weighted by atomic mass is 19.2. The van der Waals surface area contributed by atoms with Crippen LogP contribution in [0.15, 0.2) is 36.8 Å². The number of benzene rings is 1. The predicted octanol–water partition coefficient (Wildman–Crippen LogP) is 4.42. The number of rotatable bonds is 5. The van der Waals surface area contributed by atoms with E-state index >= 15 is 0 Å². The van der Waals surface area contributed by atoms with Gasteiger partial charge in [-0.25, -0.2) is 13.8 Å². The van der Waals surface area contributed by atoms with Crippen LogP contribution in [-0.4, -0.2) is 26.5 Å². The number of aromatic nitrogens is 3. The second-order valence-electron chi connectivity index (χ2n) is 8.61. The monoisotopic (exact) mass is 410 g/mol. The van der Waals surface area contributed by atoms with Crippen LogP contribution >= 0.6 is 0 Å². The fourth-order valence-corrected chi connectivity index (χ4v) is 5.41. The average Bonchev–Trinajstić information content (AvgIpc) is 3.03. The molecule has 7 heteroatoms. The molecule has 0 bridgehead atoms. The van der Waals surface area contributed by atoms with Gasteiger partial charge in [0.15, 0.2) is 11.6 Å². The molecule has 0 saturated heterocycles. The van der Waals surface area contributed by atoms with E-state index in [1.807, 2.05) is 11.5 Å². The summed E-state index contributed by atoms with van der Waals surface area (Å²) in [6.07, 6.45) is 6.18. The number of nitrogens with one attached hydrogen (secondary N) is 1. The first kappa shape index (κ1) is 19.2. The summed E-state index contributed by atoms with van der Waals surface area (Å²) in [6.45, 7) is 3.98. The van der Waals surface area contributed by atoms with Gasteiger partial charge in [0.05, 0.1) is 17.4 Å². The maximum absolute atomic E-state index is 13.7. The molecular formula is C23H24F2N4O. The van der Waals surface area contributed by atoms with Gasteiger partial charge in [0.2, 0.25) is 0 Å². The predicted molar refractivity (Wildman–Crippen MR) is 109 cm³/mol. The average molecular weight is 410 g/mol. The van der Waals surface area contributed by atoms with Crippen LogP contribution in [0.2, 0.25) is 0 Å². The molecule has 1 N–H and O–H groups in total. The molecule has 5 nitrogen and oxygen atoms in total. The van der Waals surface area contributed by atoms with E-state index in [9.17, 15) is 13.6 Å². The topological polar surface area (TPSA) is 59.8 Å². The van der Waals surface area contributed by atoms with E-state index < -0.39 is 11.6 Å². The lowest BCUT2D eigenvalue weighted by molar-refractivity contribution is 0.0926. The molecule has 30 heavy (non-hydrogen) atoms. The summed E-state index contributed by atoms with van der Waals surface area (Å²) in [5.41, 5.74) is 2.59. The lowest BCUT2D eigenvalue weighted by Gasteiger charge is -2.22. The van der Waals surface area contributed by atoms with Crippen molar-refractivity contribution in [2.24, 2.45) is 17.8 Å². The van der Waals surface area contributed by atoms with Gasteiger partial charge >= 0.3 is 0 Å². The maximum atomic E-state index is 13.7. The Hall–Kier alpha value is -2.83. The summed E-state index contributed by atoms with van der Waals surface area (Å²) in [7, 11) is 0. The molecule has 0 spiro atoms. The highest BCUT2D eigenvalue weighted by molar-refractivity contribution is 5.94. The van der Waals surface area contributed by atoms with Crippen molar-refractivity contribution in [1.82, 2.24) is 19.9 Å². The Morgan fingerprint density at radius 3 is 2.63 bits per heavy atom. The quantitative estimate of drug-likeness (QED) is 0.677. The van der Waals surface area contributed by atoms with Gasteiger partial charge in [-0.05, 0) is 56.1 Å². The maximum Gasteiger partial charge on any atom is 0.251 e. The number of halogens is 2. The number of fused-ring (bicyclic) bond motifs is 2. The van der Waals surface area contributed by atoms with Crippen molar-refractivity contribution in [3.63, 3.8) is 0 Å². The molecule has 2 fully saturated rings. The first-order valence-corrected chi connectivity index (χ1v) is 10.5. The number of amides is 1. The zero-order valence-electron chi connectivity index (χ0n) is 17.0. The molecule has 2 aromatic heterocycles. The third-order valence-electron chi connectivity index (χ3n) is 6.88. The largest absolute Gasteiger partial charge is 0.349 e. The van der Waals surface area contributed by atoms with Gasteiger partial charge in [0.1, 0.15) is 0 Å². The number of pyridine rings is 1. The van der Waals surface area contributed by atoms with Crippen molar-refractivity contribution in [2.45, 2.75) is 45.2 Å². The number of imidazole rings is 1. The Morgan fingerprint density at radius 1 is 1.20 bits per heavy atom. The van der Waals surface area contributed by atoms with Gasteiger partial charge in [-0.1, -0.05) is 6.92 Å². The fraction of sp³-hybridized carbons (Fsp3) is 0.435. The number of nitrogens with zero attached hydrogens (tertiary/aromatic N) is 3. The van der Waals surface area contributed by atoms with Crippen LogP contribution in [0.4, 0.5) is 8.78 Å². The zero-order valence-corrected chi connectivity index (χ0v) is 17.0. The third kappa shape index (κ3) is 3.16. The number of hydrogen-bond donors (Lipinski definition) is 1. The van der Waals surface area contributed by atoms with Crippen molar-refractivity contribution < 1.29 is 13.6 Å². The summed E-state index contributed by atoms with van der Waals surface area (Å²) >= 11 is 0. The van der Waals surface area contributed by atoms with Crippen molar-refractivity contribution >= 4 is 16.9 Å². The van der Waals surface area contributed by atoms with E-state index in [1.165, 1.54) is 6.07 Å². The highest BCUT2D eigenvalue weighted by Crippen LogP contribution is 2.62. The molecule has 2 aliphatic carbocycles. The van der Waals surface area contributed by atoms with Crippen LogP contribution in [0.3, 0.4) is 0 Å². The Labute approximate surface area is 173 Å². The van der Waals surface area contributed by atoms with Crippen molar-refractivity contribution in [3.05, 3.63) is 59.7 Å². The Morgan fingerprint density at radius 2 is 1.93 bits per heavy atom. The molecule has 156 valence electrons. The summed E-state index contributed by atoms with van der Waals surface area (Å²) in [5, 5.41) is 3.22. The van der Waals surface area contributed by atoms with Crippen LogP contribution in [0.1, 0.15) is 48.3 Å². The first-order valence-electron chi connectivity index (χ1n) is 10.5. The highest BCUT2D eigenvalue weighted by Gasteiger charge is 2.59. The summed E-state index contributed by atoms with van der Waals surface area (Å²) in [5.74, 6) is -0.197. The molecule has 2 heterocycles. The second kappa shape index (κ2) is 7.15. The lowest BCUT2D eigenvalue weighted by Crippen LogP contribution is -2.37. The van der Waals surface area contributed by atoms with Crippen LogP contribution in [-0.2, 0) is 0 Å². The SMILES string of the molecule is CC[C@@H](NC(=O)c1ccnc(C)c1)C1[C@H]2CC(n3cnc4cc(F)c(F)cc43)C[C@@H]12. The smallest absolute Gasteiger partial charge is 0.251 e. The summed E-state index contributed by atoms with van der Waals surface area (Å²) < 4.78 is 29.2. The minimum absolute atomic E-state index is 0.0491. The third-order valence-corrected chi connectivity index (χ3v) is 6.88. The molecule has 2 unspecified atom stereocenters. The normalized spacial score (nSPS) is 25.9. The number of hydrogen-bond acceptors (Lipinski definition) is 3. The van der Waals surface area contributed by atoms with E-state index in [4.69, 9.17) is 0 Å². The van der Waals surface area contributed by atoms with Crippen molar-refractivity contribution in [3.8, 4) is 0 Å². The molecule has 2 aliphatic rings. The van der Waals surface area contributed by atoms with Gasteiger partial charge in [0.25, 0.3) is 5.91 Å². The zero-order chi connectivity index (χ0) is 21.0. The lowest BCUT2D eigenvalue weighted by atomic mass is 9.99. The summed E-state index contributed by atoms with van der Waals surface area (Å²) in [6, 6.07) is 6.33. The van der Waals surface area contributed by atoms with E-state index in [-0.39, 0.29) is 18.0 Å².